The summed E-state index contributed by atoms with van der Waals surface area (Å²) in [4.78, 5) is 20.9. The maximum Gasteiger partial charge on any atom is 0.339 e. The molecule has 0 unspecified atom stereocenters. The number of pyridine rings is 1. The smallest absolute Gasteiger partial charge is 0.339 e. The Bertz CT molecular complexity index is 1370. The number of carboxylic acid groups (broad SMARTS) is 1. The van der Waals surface area contributed by atoms with Crippen LogP contribution in [0.5, 0.6) is 0 Å². The predicted octanol–water partition coefficient (Wildman–Crippen LogP) is 4.22. The summed E-state index contributed by atoms with van der Waals surface area (Å²) in [6.45, 7) is 9.68. The first-order valence-electron chi connectivity index (χ1n) is 11.5. The van der Waals surface area contributed by atoms with Crippen LogP contribution in [0, 0.1) is 20.8 Å². The summed E-state index contributed by atoms with van der Waals surface area (Å²) in [5, 5.41) is 9.88. The highest BCUT2D eigenvalue weighted by Gasteiger charge is 2.28. The number of carbonyl (C=O) groups is 1. The minimum atomic E-state index is -3.89. The van der Waals surface area contributed by atoms with Gasteiger partial charge in [0, 0.05) is 31.4 Å². The van der Waals surface area contributed by atoms with Gasteiger partial charge in [0.25, 0.3) is 10.0 Å². The van der Waals surface area contributed by atoms with Crippen LogP contribution in [0.2, 0.25) is 0 Å². The average Bonchev–Trinajstić information content (AvgIpc) is 2.78. The molecule has 8 nitrogen and oxygen atoms in total. The number of hydrogen-bond acceptors (Lipinski definition) is 6. The van der Waals surface area contributed by atoms with Crippen molar-refractivity contribution in [2.24, 2.45) is 0 Å². The third-order valence-electron chi connectivity index (χ3n) is 6.23. The van der Waals surface area contributed by atoms with E-state index in [2.05, 4.69) is 46.7 Å². The van der Waals surface area contributed by atoms with Crippen LogP contribution in [0.3, 0.4) is 0 Å². The van der Waals surface area contributed by atoms with E-state index in [1.807, 2.05) is 17.9 Å². The van der Waals surface area contributed by atoms with E-state index in [-0.39, 0.29) is 22.2 Å². The highest BCUT2D eigenvalue weighted by molar-refractivity contribution is 7.92. The lowest BCUT2D eigenvalue weighted by molar-refractivity contribution is 0.0697. The lowest BCUT2D eigenvalue weighted by atomic mass is 10.1. The van der Waals surface area contributed by atoms with Gasteiger partial charge in [0.1, 0.15) is 11.4 Å². The first-order chi connectivity index (χ1) is 16.5. The second-order valence-electron chi connectivity index (χ2n) is 9.10. The number of aromatic carboxylic acids is 1. The standard InChI is InChI=1S/C26H30N4O4S/c1-17-6-5-7-22(13-17)30-11-10-29(16-20(30)4)25-23(26(31)32)14-21(15-27-25)28-35(33,34)24-9-8-18(2)12-19(24)3/h5-9,12-15,20,28H,10-11,16H2,1-4H3,(H,31,32)/t20-/m1/s1. The van der Waals surface area contributed by atoms with Gasteiger partial charge in [-0.2, -0.15) is 0 Å². The maximum atomic E-state index is 12.9. The SMILES string of the molecule is Cc1cccc(N2CCN(c3ncc(NS(=O)(=O)c4ccc(C)cc4C)cc3C(=O)O)C[C@H]2C)c1. The summed E-state index contributed by atoms with van der Waals surface area (Å²) in [6, 6.07) is 14.8. The molecule has 2 N–H and O–H groups in total. The number of nitrogens with one attached hydrogen (secondary N) is 1. The molecule has 4 rings (SSSR count). The summed E-state index contributed by atoms with van der Waals surface area (Å²) in [5.74, 6) is -0.823. The van der Waals surface area contributed by atoms with Crippen molar-refractivity contribution in [3.8, 4) is 0 Å². The van der Waals surface area contributed by atoms with E-state index >= 15 is 0 Å². The molecule has 1 saturated heterocycles. The summed E-state index contributed by atoms with van der Waals surface area (Å²) in [7, 11) is -3.89. The number of sulfonamides is 1. The van der Waals surface area contributed by atoms with Gasteiger partial charge >= 0.3 is 5.97 Å². The molecule has 0 aliphatic carbocycles. The van der Waals surface area contributed by atoms with Crippen molar-refractivity contribution in [2.75, 3.05) is 34.2 Å². The monoisotopic (exact) mass is 494 g/mol. The number of aromatic nitrogens is 1. The maximum absolute atomic E-state index is 12.9. The van der Waals surface area contributed by atoms with Gasteiger partial charge in [-0.1, -0.05) is 29.8 Å². The molecule has 1 aliphatic rings. The van der Waals surface area contributed by atoms with Crippen molar-refractivity contribution in [1.29, 1.82) is 0 Å². The molecule has 1 atom stereocenters. The van der Waals surface area contributed by atoms with Gasteiger partial charge in [-0.15, -0.1) is 0 Å². The Balaban J connectivity index is 1.57. The molecule has 1 fully saturated rings. The average molecular weight is 495 g/mol. The summed E-state index contributed by atoms with van der Waals surface area (Å²) in [5.41, 5.74) is 3.96. The van der Waals surface area contributed by atoms with Gasteiger partial charge in [-0.25, -0.2) is 18.2 Å². The van der Waals surface area contributed by atoms with Gasteiger partial charge in [0.05, 0.1) is 16.8 Å². The Labute approximate surface area is 206 Å². The molecule has 3 aromatic rings. The number of hydrogen-bond donors (Lipinski definition) is 2. The van der Waals surface area contributed by atoms with Crippen LogP contribution < -0.4 is 14.5 Å². The minimum absolute atomic E-state index is 0.0398. The first-order valence-corrected chi connectivity index (χ1v) is 12.9. The van der Waals surface area contributed by atoms with Crippen molar-refractivity contribution < 1.29 is 18.3 Å². The molecule has 184 valence electrons. The zero-order valence-electron chi connectivity index (χ0n) is 20.3. The molecular formula is C26H30N4O4S. The van der Waals surface area contributed by atoms with E-state index in [4.69, 9.17) is 0 Å². The number of rotatable bonds is 6. The number of aryl methyl sites for hydroxylation is 3. The molecule has 35 heavy (non-hydrogen) atoms. The van der Waals surface area contributed by atoms with Crippen molar-refractivity contribution in [3.63, 3.8) is 0 Å². The van der Waals surface area contributed by atoms with Crippen LogP contribution in [0.25, 0.3) is 0 Å². The zero-order chi connectivity index (χ0) is 25.3. The van der Waals surface area contributed by atoms with Gasteiger partial charge < -0.3 is 14.9 Å². The third kappa shape index (κ3) is 5.24. The molecular weight excluding hydrogens is 464 g/mol. The highest BCUT2D eigenvalue weighted by Crippen LogP contribution is 2.28. The van der Waals surface area contributed by atoms with Crippen molar-refractivity contribution in [2.45, 2.75) is 38.6 Å². The molecule has 0 radical (unpaired) electrons. The van der Waals surface area contributed by atoms with Gasteiger partial charge in [0.2, 0.25) is 0 Å². The Morgan fingerprint density at radius 3 is 2.46 bits per heavy atom. The fraction of sp³-hybridized carbons (Fsp3) is 0.308. The van der Waals surface area contributed by atoms with Gasteiger partial charge in [-0.05, 0) is 63.1 Å². The molecule has 0 bridgehead atoms. The fourth-order valence-electron chi connectivity index (χ4n) is 4.57. The van der Waals surface area contributed by atoms with Crippen molar-refractivity contribution in [1.82, 2.24) is 4.98 Å². The summed E-state index contributed by atoms with van der Waals surface area (Å²) in [6.07, 6.45) is 1.38. The molecule has 0 amide bonds. The largest absolute Gasteiger partial charge is 0.478 e. The van der Waals surface area contributed by atoms with Crippen LogP contribution in [-0.4, -0.2) is 50.2 Å². The molecule has 0 spiro atoms. The van der Waals surface area contributed by atoms with Crippen LogP contribution >= 0.6 is 0 Å². The number of nitrogens with zero attached hydrogens (tertiary/aromatic N) is 3. The number of anilines is 3. The van der Waals surface area contributed by atoms with Crippen LogP contribution in [0.15, 0.2) is 59.6 Å². The van der Waals surface area contributed by atoms with Crippen LogP contribution in [0.4, 0.5) is 17.2 Å². The Morgan fingerprint density at radius 2 is 1.80 bits per heavy atom. The normalized spacial score (nSPS) is 16.3. The minimum Gasteiger partial charge on any atom is -0.478 e. The second kappa shape index (κ2) is 9.58. The Morgan fingerprint density at radius 1 is 1.06 bits per heavy atom. The van der Waals surface area contributed by atoms with Crippen LogP contribution in [-0.2, 0) is 10.0 Å². The van der Waals surface area contributed by atoms with Crippen molar-refractivity contribution in [3.05, 3.63) is 77.0 Å². The quantitative estimate of drug-likeness (QED) is 0.529. The van der Waals surface area contributed by atoms with Gasteiger partial charge in [0.15, 0.2) is 0 Å². The second-order valence-corrected chi connectivity index (χ2v) is 10.8. The zero-order valence-corrected chi connectivity index (χ0v) is 21.1. The first kappa shape index (κ1) is 24.5. The van der Waals surface area contributed by atoms with E-state index in [0.717, 1.165) is 11.3 Å². The Hall–Kier alpha value is -3.59. The van der Waals surface area contributed by atoms with Crippen molar-refractivity contribution >= 4 is 33.2 Å². The highest BCUT2D eigenvalue weighted by atomic mass is 32.2. The molecule has 2 aromatic carbocycles. The lowest BCUT2D eigenvalue weighted by Gasteiger charge is -2.42. The molecule has 0 saturated carbocycles. The fourth-order valence-corrected chi connectivity index (χ4v) is 5.84. The lowest BCUT2D eigenvalue weighted by Crippen LogP contribution is -2.52. The number of benzene rings is 2. The van der Waals surface area contributed by atoms with E-state index in [1.54, 1.807) is 25.1 Å². The predicted molar refractivity (Wildman–Crippen MR) is 138 cm³/mol. The third-order valence-corrected chi connectivity index (χ3v) is 7.77. The molecule has 2 heterocycles. The van der Waals surface area contributed by atoms with E-state index in [0.29, 0.717) is 31.0 Å². The van der Waals surface area contributed by atoms with E-state index in [1.165, 1.54) is 17.8 Å². The summed E-state index contributed by atoms with van der Waals surface area (Å²) >= 11 is 0. The van der Waals surface area contributed by atoms with Crippen LogP contribution in [0.1, 0.15) is 34.0 Å². The Kier molecular flexibility index (Phi) is 6.71. The molecule has 1 aliphatic heterocycles. The topological polar surface area (TPSA) is 103 Å². The van der Waals surface area contributed by atoms with E-state index in [9.17, 15) is 18.3 Å². The summed E-state index contributed by atoms with van der Waals surface area (Å²) < 4.78 is 28.4. The van der Waals surface area contributed by atoms with Gasteiger partial charge in [-0.3, -0.25) is 4.72 Å². The number of piperazine rings is 1. The molecule has 9 heteroatoms. The number of carboxylic acids is 1. The van der Waals surface area contributed by atoms with E-state index < -0.39 is 16.0 Å². The molecule has 1 aromatic heterocycles.